The normalized spacial score (nSPS) is 11.8. The Kier molecular flexibility index (Phi) is 5.74. The molecule has 0 atom stereocenters. The van der Waals surface area contributed by atoms with Crippen molar-refractivity contribution in [3.05, 3.63) is 53.1 Å². The third-order valence-corrected chi connectivity index (χ3v) is 7.80. The van der Waals surface area contributed by atoms with E-state index in [2.05, 4.69) is 19.4 Å². The molecule has 1 aromatic carbocycles. The number of aromatic nitrogens is 2. The van der Waals surface area contributed by atoms with Crippen molar-refractivity contribution in [2.45, 2.75) is 9.10 Å². The molecule has 2 aromatic heterocycles. The van der Waals surface area contributed by atoms with Gasteiger partial charge < -0.3 is 4.74 Å². The minimum Gasteiger partial charge on any atom is -0.481 e. The molecule has 0 aliphatic carbocycles. The molecule has 0 aliphatic rings. The molecular formula is C15H13ClN4O5S3. The lowest BCUT2D eigenvalue weighted by Crippen LogP contribution is -2.15. The monoisotopic (exact) mass is 460 g/mol. The van der Waals surface area contributed by atoms with Gasteiger partial charge >= 0.3 is 0 Å². The van der Waals surface area contributed by atoms with Gasteiger partial charge in [-0.2, -0.15) is 0 Å². The molecule has 28 heavy (non-hydrogen) atoms. The zero-order valence-electron chi connectivity index (χ0n) is 14.2. The number of hydrogen-bond acceptors (Lipinski definition) is 8. The van der Waals surface area contributed by atoms with Crippen molar-refractivity contribution in [1.82, 2.24) is 9.97 Å². The van der Waals surface area contributed by atoms with Crippen LogP contribution in [0.1, 0.15) is 0 Å². The van der Waals surface area contributed by atoms with Gasteiger partial charge in [0.05, 0.1) is 16.3 Å². The molecular weight excluding hydrogens is 448 g/mol. The largest absolute Gasteiger partial charge is 0.481 e. The molecule has 0 amide bonds. The van der Waals surface area contributed by atoms with E-state index in [4.69, 9.17) is 16.3 Å². The number of methoxy groups -OCH3 is 1. The summed E-state index contributed by atoms with van der Waals surface area (Å²) < 4.78 is 59.4. The second kappa shape index (κ2) is 7.91. The molecule has 0 unspecified atom stereocenters. The molecule has 0 saturated heterocycles. The maximum Gasteiger partial charge on any atom is 0.271 e. The summed E-state index contributed by atoms with van der Waals surface area (Å²) in [6, 6.07) is 9.38. The van der Waals surface area contributed by atoms with Crippen LogP contribution in [-0.4, -0.2) is 33.9 Å². The summed E-state index contributed by atoms with van der Waals surface area (Å²) in [5, 5.41) is 0. The van der Waals surface area contributed by atoms with Gasteiger partial charge in [0.15, 0.2) is 0 Å². The number of hydrogen-bond donors (Lipinski definition) is 2. The number of sulfonamides is 2. The fourth-order valence-corrected chi connectivity index (χ4v) is 5.59. The van der Waals surface area contributed by atoms with Crippen LogP contribution in [0.25, 0.3) is 0 Å². The smallest absolute Gasteiger partial charge is 0.271 e. The van der Waals surface area contributed by atoms with Gasteiger partial charge in [0, 0.05) is 11.8 Å². The maximum atomic E-state index is 12.5. The molecule has 2 N–H and O–H groups in total. The Bertz CT molecular complexity index is 1190. The van der Waals surface area contributed by atoms with Gasteiger partial charge in [0.1, 0.15) is 16.4 Å². The molecule has 2 heterocycles. The second-order valence-electron chi connectivity index (χ2n) is 5.24. The van der Waals surface area contributed by atoms with Gasteiger partial charge in [0.25, 0.3) is 20.0 Å². The first-order valence-electron chi connectivity index (χ1n) is 7.47. The number of anilines is 2. The Balaban J connectivity index is 1.77. The van der Waals surface area contributed by atoms with Crippen LogP contribution in [0.4, 0.5) is 11.5 Å². The summed E-state index contributed by atoms with van der Waals surface area (Å²) in [6.07, 6.45) is 1.16. The van der Waals surface area contributed by atoms with E-state index in [9.17, 15) is 16.8 Å². The molecule has 0 fully saturated rings. The highest BCUT2D eigenvalue weighted by Crippen LogP contribution is 2.27. The minimum atomic E-state index is -3.94. The Morgan fingerprint density at radius 2 is 1.68 bits per heavy atom. The van der Waals surface area contributed by atoms with Crippen LogP contribution >= 0.6 is 22.9 Å². The van der Waals surface area contributed by atoms with Crippen LogP contribution in [0.15, 0.2) is 57.9 Å². The summed E-state index contributed by atoms with van der Waals surface area (Å²) >= 11 is 6.67. The SMILES string of the molecule is COc1cc(NS(=O)(=O)c2ccc(NS(=O)(=O)c3ccc(Cl)s3)cc2)ncn1. The van der Waals surface area contributed by atoms with Gasteiger partial charge in [0.2, 0.25) is 5.88 Å². The van der Waals surface area contributed by atoms with Gasteiger partial charge in [-0.1, -0.05) is 11.6 Å². The van der Waals surface area contributed by atoms with E-state index in [1.807, 2.05) is 0 Å². The Morgan fingerprint density at radius 3 is 2.29 bits per heavy atom. The Labute approximate surface area is 170 Å². The lowest BCUT2D eigenvalue weighted by atomic mass is 10.3. The average molecular weight is 461 g/mol. The van der Waals surface area contributed by atoms with Crippen LogP contribution in [-0.2, 0) is 20.0 Å². The predicted molar refractivity (Wildman–Crippen MR) is 106 cm³/mol. The molecule has 13 heteroatoms. The number of thiophene rings is 1. The minimum absolute atomic E-state index is 0.0335. The van der Waals surface area contributed by atoms with Crippen LogP contribution < -0.4 is 14.2 Å². The first kappa shape index (κ1) is 20.3. The summed E-state index contributed by atoms with van der Waals surface area (Å²) in [7, 11) is -6.35. The van der Waals surface area contributed by atoms with E-state index in [0.29, 0.717) is 4.34 Å². The van der Waals surface area contributed by atoms with Crippen molar-refractivity contribution in [3.8, 4) is 5.88 Å². The van der Waals surface area contributed by atoms with Gasteiger partial charge in [-0.15, -0.1) is 11.3 Å². The van der Waals surface area contributed by atoms with Crippen molar-refractivity contribution in [3.63, 3.8) is 0 Å². The van der Waals surface area contributed by atoms with Crippen LogP contribution in [0.5, 0.6) is 5.88 Å². The lowest BCUT2D eigenvalue weighted by molar-refractivity contribution is 0.397. The third kappa shape index (κ3) is 4.70. The molecule has 3 aromatic rings. The lowest BCUT2D eigenvalue weighted by Gasteiger charge is -2.10. The Hall–Kier alpha value is -2.41. The number of halogens is 1. The number of ether oxygens (including phenoxy) is 1. The molecule has 0 saturated carbocycles. The summed E-state index contributed by atoms with van der Waals surface area (Å²) in [6.45, 7) is 0. The summed E-state index contributed by atoms with van der Waals surface area (Å²) in [5.74, 6) is 0.234. The van der Waals surface area contributed by atoms with E-state index in [1.165, 1.54) is 49.6 Å². The van der Waals surface area contributed by atoms with E-state index in [0.717, 1.165) is 17.7 Å². The number of nitrogens with one attached hydrogen (secondary N) is 2. The molecule has 0 radical (unpaired) electrons. The Morgan fingerprint density at radius 1 is 0.964 bits per heavy atom. The first-order valence-corrected chi connectivity index (χ1v) is 11.6. The van der Waals surface area contributed by atoms with Gasteiger partial charge in [-0.05, 0) is 36.4 Å². The quantitative estimate of drug-likeness (QED) is 0.554. The first-order chi connectivity index (χ1) is 13.2. The standard InChI is InChI=1S/C15H13ClN4O5S3/c1-25-14-8-13(17-9-18-14)20-27(21,22)11-4-2-10(3-5-11)19-28(23,24)15-7-6-12(16)26-15/h2-9,19H,1H3,(H,17,18,20). The van der Waals surface area contributed by atoms with Crippen molar-refractivity contribution in [1.29, 1.82) is 0 Å². The van der Waals surface area contributed by atoms with Crippen molar-refractivity contribution < 1.29 is 21.6 Å². The predicted octanol–water partition coefficient (Wildman–Crippen LogP) is 2.80. The number of benzene rings is 1. The van der Waals surface area contributed by atoms with Gasteiger partial charge in [-0.25, -0.2) is 26.8 Å². The highest BCUT2D eigenvalue weighted by Gasteiger charge is 2.19. The van der Waals surface area contributed by atoms with E-state index < -0.39 is 20.0 Å². The topological polar surface area (TPSA) is 127 Å². The summed E-state index contributed by atoms with van der Waals surface area (Å²) in [4.78, 5) is 7.53. The van der Waals surface area contributed by atoms with Crippen LogP contribution in [0.2, 0.25) is 4.34 Å². The fourth-order valence-electron chi connectivity index (χ4n) is 2.05. The summed E-state index contributed by atoms with van der Waals surface area (Å²) in [5.41, 5.74) is 0.201. The second-order valence-corrected chi connectivity index (χ2v) is 10.5. The zero-order valence-corrected chi connectivity index (χ0v) is 17.4. The number of nitrogens with zero attached hydrogens (tertiary/aromatic N) is 2. The van der Waals surface area contributed by atoms with Crippen molar-refractivity contribution in [2.75, 3.05) is 16.6 Å². The van der Waals surface area contributed by atoms with Crippen LogP contribution in [0.3, 0.4) is 0 Å². The molecule has 3 rings (SSSR count). The van der Waals surface area contributed by atoms with Crippen molar-refractivity contribution >= 4 is 54.5 Å². The molecule has 9 nitrogen and oxygen atoms in total. The highest BCUT2D eigenvalue weighted by atomic mass is 35.5. The highest BCUT2D eigenvalue weighted by molar-refractivity contribution is 7.94. The van der Waals surface area contributed by atoms with E-state index in [1.54, 1.807) is 0 Å². The van der Waals surface area contributed by atoms with Crippen molar-refractivity contribution in [2.24, 2.45) is 0 Å². The molecule has 0 bridgehead atoms. The van der Waals surface area contributed by atoms with E-state index in [-0.39, 0.29) is 26.5 Å². The van der Waals surface area contributed by atoms with Gasteiger partial charge in [-0.3, -0.25) is 9.44 Å². The third-order valence-electron chi connectivity index (χ3n) is 3.32. The zero-order chi connectivity index (χ0) is 20.4. The van der Waals surface area contributed by atoms with Crippen LogP contribution in [0, 0.1) is 0 Å². The average Bonchev–Trinajstić information content (AvgIpc) is 3.09. The van der Waals surface area contributed by atoms with E-state index >= 15 is 0 Å². The molecule has 0 aliphatic heterocycles. The number of rotatable bonds is 7. The molecule has 148 valence electrons. The molecule has 0 spiro atoms. The fraction of sp³-hybridized carbons (Fsp3) is 0.0667. The maximum absolute atomic E-state index is 12.5.